The molecule has 1 N–H and O–H groups in total. The number of carbonyl (C=O) groups is 3. The number of thiocarbonyl (C=S) groups is 1. The molecular formula is C27H31BrN2O5S. The van der Waals surface area contributed by atoms with E-state index >= 15 is 0 Å². The van der Waals surface area contributed by atoms with Gasteiger partial charge in [0.2, 0.25) is 0 Å². The second-order valence-electron chi connectivity index (χ2n) is 9.12. The number of aliphatic imine (C=N–C) groups is 1. The standard InChI is InChI=1S/C27H31BrN2O5S/c1-27(2,3)35-26(33)30-22(10-7-15-29-18-36)24(21-13-11-19(16-28)12-14-21)25(32)34-17-23(31)20-8-5-4-6-9-20/h4-6,8-9,11-14,22,24H,7,10,15-17H2,1-3H3,(H,30,33). The maximum atomic E-state index is 13.4. The van der Waals surface area contributed by atoms with Crippen LogP contribution in [0.15, 0.2) is 59.6 Å². The van der Waals surface area contributed by atoms with E-state index in [0.717, 1.165) is 5.56 Å². The molecule has 0 aliphatic carbocycles. The minimum Gasteiger partial charge on any atom is -0.457 e. The number of hydrogen-bond acceptors (Lipinski definition) is 7. The van der Waals surface area contributed by atoms with Gasteiger partial charge >= 0.3 is 12.1 Å². The lowest BCUT2D eigenvalue weighted by Crippen LogP contribution is -2.45. The molecule has 0 aliphatic rings. The highest BCUT2D eigenvalue weighted by atomic mass is 79.9. The van der Waals surface area contributed by atoms with E-state index < -0.39 is 36.2 Å². The molecule has 0 heterocycles. The topological polar surface area (TPSA) is 94.1 Å². The number of alkyl halides is 1. The summed E-state index contributed by atoms with van der Waals surface area (Å²) >= 11 is 8.06. The lowest BCUT2D eigenvalue weighted by atomic mass is 9.88. The zero-order valence-corrected chi connectivity index (χ0v) is 23.1. The first-order chi connectivity index (χ1) is 17.1. The summed E-state index contributed by atoms with van der Waals surface area (Å²) in [5.41, 5.74) is 1.41. The van der Waals surface area contributed by atoms with Crippen LogP contribution in [0.1, 0.15) is 61.0 Å². The molecule has 0 radical (unpaired) electrons. The van der Waals surface area contributed by atoms with E-state index in [-0.39, 0.29) is 5.78 Å². The Hall–Kier alpha value is -2.87. The fourth-order valence-electron chi connectivity index (χ4n) is 3.50. The molecule has 36 heavy (non-hydrogen) atoms. The van der Waals surface area contributed by atoms with E-state index in [1.165, 1.54) is 0 Å². The zero-order chi connectivity index (χ0) is 26.6. The van der Waals surface area contributed by atoms with E-state index in [1.807, 2.05) is 24.3 Å². The number of esters is 1. The van der Waals surface area contributed by atoms with Crippen molar-refractivity contribution in [3.05, 3.63) is 71.3 Å². The highest BCUT2D eigenvalue weighted by Crippen LogP contribution is 2.26. The largest absolute Gasteiger partial charge is 0.457 e. The van der Waals surface area contributed by atoms with Gasteiger partial charge in [0.05, 0.1) is 5.16 Å². The Balaban J connectivity index is 2.32. The lowest BCUT2D eigenvalue weighted by Gasteiger charge is -2.28. The van der Waals surface area contributed by atoms with Gasteiger partial charge in [-0.2, -0.15) is 0 Å². The Bertz CT molecular complexity index is 1060. The first-order valence-corrected chi connectivity index (χ1v) is 13.1. The van der Waals surface area contributed by atoms with Crippen LogP contribution in [0.4, 0.5) is 4.79 Å². The average molecular weight is 576 g/mol. The molecular weight excluding hydrogens is 544 g/mol. The molecule has 2 atom stereocenters. The number of alkyl carbamates (subject to hydrolysis) is 1. The highest BCUT2D eigenvalue weighted by Gasteiger charge is 2.34. The number of carbonyl (C=O) groups excluding carboxylic acids is 3. The molecule has 0 spiro atoms. The molecule has 2 aromatic carbocycles. The van der Waals surface area contributed by atoms with Crippen LogP contribution in [0, 0.1) is 0 Å². The summed E-state index contributed by atoms with van der Waals surface area (Å²) in [6.45, 7) is 5.26. The fraction of sp³-hybridized carbons (Fsp3) is 0.407. The van der Waals surface area contributed by atoms with E-state index in [4.69, 9.17) is 9.47 Å². The number of nitrogens with one attached hydrogen (secondary N) is 1. The Kier molecular flexibility index (Phi) is 11.9. The summed E-state index contributed by atoms with van der Waals surface area (Å²) in [5.74, 6) is -1.81. The van der Waals surface area contributed by atoms with Gasteiger partial charge in [-0.15, -0.1) is 0 Å². The third-order valence-corrected chi connectivity index (χ3v) is 5.92. The number of amides is 1. The molecule has 192 valence electrons. The van der Waals surface area contributed by atoms with Crippen molar-refractivity contribution in [3.8, 4) is 0 Å². The summed E-state index contributed by atoms with van der Waals surface area (Å²) in [6, 6.07) is 15.4. The van der Waals surface area contributed by atoms with E-state index in [1.54, 1.807) is 51.1 Å². The van der Waals surface area contributed by atoms with Crippen LogP contribution in [-0.2, 0) is 19.6 Å². The third kappa shape index (κ3) is 10.0. The molecule has 2 unspecified atom stereocenters. The maximum Gasteiger partial charge on any atom is 0.407 e. The maximum absolute atomic E-state index is 13.4. The van der Waals surface area contributed by atoms with Gasteiger partial charge in [-0.1, -0.05) is 70.5 Å². The first kappa shape index (κ1) is 29.4. The van der Waals surface area contributed by atoms with Crippen molar-refractivity contribution in [1.82, 2.24) is 5.32 Å². The Labute approximate surface area is 225 Å². The minimum absolute atomic E-state index is 0.315. The quantitative estimate of drug-likeness (QED) is 0.0850. The number of nitrogens with zero attached hydrogens (tertiary/aromatic N) is 1. The van der Waals surface area contributed by atoms with Gasteiger partial charge in [-0.3, -0.25) is 9.59 Å². The number of halogens is 1. The van der Waals surface area contributed by atoms with Crippen LogP contribution in [0.5, 0.6) is 0 Å². The molecule has 2 rings (SSSR count). The smallest absolute Gasteiger partial charge is 0.407 e. The van der Waals surface area contributed by atoms with Gasteiger partial charge in [-0.25, -0.2) is 9.79 Å². The molecule has 0 aromatic heterocycles. The molecule has 0 saturated heterocycles. The van der Waals surface area contributed by atoms with Gasteiger partial charge < -0.3 is 14.8 Å². The summed E-state index contributed by atoms with van der Waals surface area (Å²) in [4.78, 5) is 42.5. The Morgan fingerprint density at radius 3 is 2.33 bits per heavy atom. The summed E-state index contributed by atoms with van der Waals surface area (Å²) < 4.78 is 10.9. The molecule has 0 bridgehead atoms. The number of ketones is 1. The average Bonchev–Trinajstić information content (AvgIpc) is 2.85. The van der Waals surface area contributed by atoms with Crippen LogP contribution in [-0.4, -0.2) is 47.8 Å². The monoisotopic (exact) mass is 574 g/mol. The van der Waals surface area contributed by atoms with Crippen molar-refractivity contribution in [2.75, 3.05) is 13.2 Å². The first-order valence-electron chi connectivity index (χ1n) is 11.6. The summed E-state index contributed by atoms with van der Waals surface area (Å²) in [7, 11) is 0. The minimum atomic E-state index is -0.873. The Morgan fingerprint density at radius 1 is 1.08 bits per heavy atom. The van der Waals surface area contributed by atoms with Gasteiger partial charge in [-0.05, 0) is 57.0 Å². The second-order valence-corrected chi connectivity index (χ2v) is 9.86. The van der Waals surface area contributed by atoms with Crippen molar-refractivity contribution in [1.29, 1.82) is 0 Å². The molecule has 0 aliphatic heterocycles. The van der Waals surface area contributed by atoms with Crippen molar-refractivity contribution < 1.29 is 23.9 Å². The van der Waals surface area contributed by atoms with Crippen LogP contribution in [0.3, 0.4) is 0 Å². The number of rotatable bonds is 12. The molecule has 2 aromatic rings. The fourth-order valence-corrected chi connectivity index (χ4v) is 3.96. The number of ether oxygens (including phenoxy) is 2. The second kappa shape index (κ2) is 14.6. The number of isothiocyanates is 1. The predicted molar refractivity (Wildman–Crippen MR) is 146 cm³/mol. The van der Waals surface area contributed by atoms with Crippen molar-refractivity contribution >= 4 is 51.2 Å². The molecule has 9 heteroatoms. The van der Waals surface area contributed by atoms with E-state index in [0.29, 0.717) is 35.8 Å². The SMILES string of the molecule is CC(C)(C)OC(=O)NC(CCCN=C=S)C(C(=O)OCC(=O)c1ccccc1)c1ccc(CBr)cc1. The van der Waals surface area contributed by atoms with Crippen LogP contribution in [0.2, 0.25) is 0 Å². The third-order valence-electron chi connectivity index (χ3n) is 5.14. The van der Waals surface area contributed by atoms with Crippen molar-refractivity contribution in [2.24, 2.45) is 4.99 Å². The molecule has 7 nitrogen and oxygen atoms in total. The lowest BCUT2D eigenvalue weighted by molar-refractivity contribution is -0.145. The van der Waals surface area contributed by atoms with Crippen LogP contribution in [0.25, 0.3) is 0 Å². The zero-order valence-electron chi connectivity index (χ0n) is 20.7. The predicted octanol–water partition coefficient (Wildman–Crippen LogP) is 5.87. The van der Waals surface area contributed by atoms with Crippen molar-refractivity contribution in [2.45, 2.75) is 56.5 Å². The number of benzene rings is 2. The van der Waals surface area contributed by atoms with Gasteiger partial charge in [0.1, 0.15) is 11.5 Å². The van der Waals surface area contributed by atoms with Crippen LogP contribution >= 0.6 is 28.1 Å². The van der Waals surface area contributed by atoms with Gasteiger partial charge in [0, 0.05) is 23.5 Å². The molecule has 0 saturated carbocycles. The van der Waals surface area contributed by atoms with Crippen molar-refractivity contribution in [3.63, 3.8) is 0 Å². The molecule has 1 amide bonds. The number of Topliss-reactive ketones (excluding diaryl/α,β-unsaturated/α-hetero) is 1. The number of hydrogen-bond donors (Lipinski definition) is 1. The highest BCUT2D eigenvalue weighted by molar-refractivity contribution is 9.08. The van der Waals surface area contributed by atoms with E-state index in [2.05, 4.69) is 43.6 Å². The normalized spacial score (nSPS) is 12.6. The van der Waals surface area contributed by atoms with E-state index in [9.17, 15) is 14.4 Å². The Morgan fingerprint density at radius 2 is 1.75 bits per heavy atom. The molecule has 0 fully saturated rings. The van der Waals surface area contributed by atoms with Gasteiger partial charge in [0.25, 0.3) is 0 Å². The summed E-state index contributed by atoms with van der Waals surface area (Å²) in [6.07, 6.45) is 0.281. The van der Waals surface area contributed by atoms with Crippen LogP contribution < -0.4 is 5.32 Å². The summed E-state index contributed by atoms with van der Waals surface area (Å²) in [5, 5.41) is 5.81. The van der Waals surface area contributed by atoms with Gasteiger partial charge in [0.15, 0.2) is 12.4 Å².